The number of hydrogen-bond donors (Lipinski definition) is 1. The average molecular weight is 251 g/mol. The molecule has 0 radical (unpaired) electrons. The van der Waals surface area contributed by atoms with Crippen LogP contribution in [0.25, 0.3) is 10.9 Å². The molecule has 1 N–H and O–H groups in total. The molecule has 2 rings (SSSR count). The minimum absolute atomic E-state index is 0.0539. The highest BCUT2D eigenvalue weighted by molar-refractivity contribution is 7.91. The van der Waals surface area contributed by atoms with E-state index < -0.39 is 9.84 Å². The Morgan fingerprint density at radius 1 is 1.35 bits per heavy atom. The molecule has 5 heteroatoms. The second-order valence-electron chi connectivity index (χ2n) is 3.87. The predicted octanol–water partition coefficient (Wildman–Crippen LogP) is 2.16. The van der Waals surface area contributed by atoms with Crippen LogP contribution in [-0.2, 0) is 9.84 Å². The summed E-state index contributed by atoms with van der Waals surface area (Å²) in [4.78, 5) is 14.6. The molecule has 0 aliphatic rings. The van der Waals surface area contributed by atoms with Gasteiger partial charge in [0.2, 0.25) is 0 Å². The summed E-state index contributed by atoms with van der Waals surface area (Å²) < 4.78 is 23.5. The van der Waals surface area contributed by atoms with Gasteiger partial charge in [-0.1, -0.05) is 6.92 Å². The molecule has 0 amide bonds. The Morgan fingerprint density at radius 2 is 2.06 bits per heavy atom. The maximum atomic E-state index is 11.8. The highest BCUT2D eigenvalue weighted by Crippen LogP contribution is 2.23. The average Bonchev–Trinajstić information content (AvgIpc) is 2.71. The lowest BCUT2D eigenvalue weighted by Gasteiger charge is -2.01. The van der Waals surface area contributed by atoms with Crippen molar-refractivity contribution in [2.24, 2.45) is 0 Å². The molecule has 1 heterocycles. The normalized spacial score (nSPS) is 11.9. The van der Waals surface area contributed by atoms with E-state index in [2.05, 4.69) is 4.98 Å². The number of aromatic amines is 1. The number of hydrogen-bond acceptors (Lipinski definition) is 3. The summed E-state index contributed by atoms with van der Waals surface area (Å²) in [5.74, 6) is -0.0273. The molecule has 90 valence electrons. The van der Waals surface area contributed by atoms with Gasteiger partial charge >= 0.3 is 0 Å². The van der Waals surface area contributed by atoms with Crippen LogP contribution in [0.2, 0.25) is 0 Å². The highest BCUT2D eigenvalue weighted by Gasteiger charge is 2.14. The largest absolute Gasteiger partial charge is 0.360 e. The van der Waals surface area contributed by atoms with E-state index in [0.717, 1.165) is 5.52 Å². The monoisotopic (exact) mass is 251 g/mol. The molecule has 0 spiro atoms. The Kier molecular flexibility index (Phi) is 2.79. The van der Waals surface area contributed by atoms with Crippen LogP contribution in [0.1, 0.15) is 24.2 Å². The number of ketones is 1. The first kappa shape index (κ1) is 11.9. The maximum absolute atomic E-state index is 11.8. The fourth-order valence-electron chi connectivity index (χ4n) is 1.75. The van der Waals surface area contributed by atoms with E-state index in [9.17, 15) is 13.2 Å². The van der Waals surface area contributed by atoms with E-state index in [4.69, 9.17) is 0 Å². The molecule has 0 aliphatic carbocycles. The fourth-order valence-corrected chi connectivity index (χ4v) is 2.66. The number of carbonyl (C=O) groups excluding carboxylic acids is 1. The van der Waals surface area contributed by atoms with Crippen LogP contribution in [0, 0.1) is 0 Å². The van der Waals surface area contributed by atoms with Gasteiger partial charge in [-0.25, -0.2) is 8.42 Å². The number of Topliss-reactive ketones (excluding diaryl/α,β-unsaturated/α-hetero) is 1. The zero-order valence-electron chi connectivity index (χ0n) is 9.65. The SMILES string of the molecule is CCS(=O)(=O)c1ccc2[nH]cc(C(C)=O)c2c1. The third-order valence-electron chi connectivity index (χ3n) is 2.77. The third-order valence-corrected chi connectivity index (χ3v) is 4.50. The van der Waals surface area contributed by atoms with E-state index in [1.165, 1.54) is 6.92 Å². The topological polar surface area (TPSA) is 67.0 Å². The highest BCUT2D eigenvalue weighted by atomic mass is 32.2. The number of carbonyl (C=O) groups is 1. The zero-order chi connectivity index (χ0) is 12.6. The molecule has 2 aromatic rings. The van der Waals surface area contributed by atoms with Crippen LogP contribution < -0.4 is 0 Å². The van der Waals surface area contributed by atoms with Crippen molar-refractivity contribution in [3.05, 3.63) is 30.0 Å². The molecule has 4 nitrogen and oxygen atoms in total. The Morgan fingerprint density at radius 3 is 2.65 bits per heavy atom. The van der Waals surface area contributed by atoms with Gasteiger partial charge in [-0.05, 0) is 25.1 Å². The predicted molar refractivity (Wildman–Crippen MR) is 66.0 cm³/mol. The summed E-state index contributed by atoms with van der Waals surface area (Å²) in [5.41, 5.74) is 1.29. The lowest BCUT2D eigenvalue weighted by atomic mass is 10.1. The van der Waals surface area contributed by atoms with E-state index in [1.807, 2.05) is 0 Å². The van der Waals surface area contributed by atoms with Gasteiger partial charge in [0.15, 0.2) is 15.6 Å². The summed E-state index contributed by atoms with van der Waals surface area (Å²) in [6, 6.07) is 4.80. The quantitative estimate of drug-likeness (QED) is 0.850. The van der Waals surface area contributed by atoms with Crippen LogP contribution in [0.5, 0.6) is 0 Å². The van der Waals surface area contributed by atoms with Gasteiger partial charge in [-0.2, -0.15) is 0 Å². The third kappa shape index (κ3) is 1.98. The number of sulfone groups is 1. The van der Waals surface area contributed by atoms with Crippen LogP contribution in [-0.4, -0.2) is 24.9 Å². The first-order valence-corrected chi connectivity index (χ1v) is 6.96. The number of rotatable bonds is 3. The van der Waals surface area contributed by atoms with E-state index >= 15 is 0 Å². The van der Waals surface area contributed by atoms with Gasteiger partial charge in [0.1, 0.15) is 0 Å². The van der Waals surface area contributed by atoms with E-state index in [1.54, 1.807) is 31.3 Å². The van der Waals surface area contributed by atoms with Crippen molar-refractivity contribution in [1.29, 1.82) is 0 Å². The maximum Gasteiger partial charge on any atom is 0.178 e. The minimum Gasteiger partial charge on any atom is -0.360 e. The summed E-state index contributed by atoms with van der Waals surface area (Å²) in [6.07, 6.45) is 1.61. The van der Waals surface area contributed by atoms with Gasteiger partial charge in [0.05, 0.1) is 10.6 Å². The van der Waals surface area contributed by atoms with Crippen LogP contribution in [0.3, 0.4) is 0 Å². The minimum atomic E-state index is -3.24. The smallest absolute Gasteiger partial charge is 0.178 e. The molecule has 0 unspecified atom stereocenters. The lowest BCUT2D eigenvalue weighted by Crippen LogP contribution is -2.03. The van der Waals surface area contributed by atoms with Crippen molar-refractivity contribution in [2.75, 3.05) is 5.75 Å². The Labute approximate surface area is 99.6 Å². The second kappa shape index (κ2) is 4.00. The van der Waals surface area contributed by atoms with Gasteiger partial charge in [0.25, 0.3) is 0 Å². The van der Waals surface area contributed by atoms with E-state index in [0.29, 0.717) is 10.9 Å². The number of benzene rings is 1. The summed E-state index contributed by atoms with van der Waals surface area (Å²) in [6.45, 7) is 3.06. The van der Waals surface area contributed by atoms with Gasteiger partial charge in [-0.15, -0.1) is 0 Å². The number of fused-ring (bicyclic) bond motifs is 1. The van der Waals surface area contributed by atoms with Crippen molar-refractivity contribution in [2.45, 2.75) is 18.7 Å². The van der Waals surface area contributed by atoms with E-state index in [-0.39, 0.29) is 16.4 Å². The summed E-state index contributed by atoms with van der Waals surface area (Å²) in [5, 5.41) is 0.659. The lowest BCUT2D eigenvalue weighted by molar-refractivity contribution is 0.101. The van der Waals surface area contributed by atoms with Crippen molar-refractivity contribution in [1.82, 2.24) is 4.98 Å². The molecule has 0 atom stereocenters. The zero-order valence-corrected chi connectivity index (χ0v) is 10.5. The van der Waals surface area contributed by atoms with Crippen LogP contribution >= 0.6 is 0 Å². The fraction of sp³-hybridized carbons (Fsp3) is 0.250. The second-order valence-corrected chi connectivity index (χ2v) is 6.15. The molecule has 0 bridgehead atoms. The summed E-state index contributed by atoms with van der Waals surface area (Å²) >= 11 is 0. The number of nitrogens with one attached hydrogen (secondary N) is 1. The molecular weight excluding hydrogens is 238 g/mol. The van der Waals surface area contributed by atoms with Crippen LogP contribution in [0.15, 0.2) is 29.3 Å². The molecular formula is C12H13NO3S. The van der Waals surface area contributed by atoms with Crippen LogP contribution in [0.4, 0.5) is 0 Å². The first-order valence-electron chi connectivity index (χ1n) is 5.30. The van der Waals surface area contributed by atoms with Crippen molar-refractivity contribution in [3.8, 4) is 0 Å². The van der Waals surface area contributed by atoms with Crippen molar-refractivity contribution in [3.63, 3.8) is 0 Å². The number of H-pyrrole nitrogens is 1. The Balaban J connectivity index is 2.72. The number of aromatic nitrogens is 1. The molecule has 0 saturated carbocycles. The molecule has 0 saturated heterocycles. The van der Waals surface area contributed by atoms with Crippen molar-refractivity contribution < 1.29 is 13.2 Å². The molecule has 0 aliphatic heterocycles. The molecule has 0 fully saturated rings. The Bertz CT molecular complexity index is 683. The van der Waals surface area contributed by atoms with Gasteiger partial charge in [0, 0.05) is 22.7 Å². The van der Waals surface area contributed by atoms with Gasteiger partial charge < -0.3 is 4.98 Å². The summed E-state index contributed by atoms with van der Waals surface area (Å²) in [7, 11) is -3.24. The molecule has 1 aromatic heterocycles. The molecule has 1 aromatic carbocycles. The standard InChI is InChI=1S/C12H13NO3S/c1-3-17(15,16)9-4-5-12-10(6-9)11(7-13-12)8(2)14/h4-7,13H,3H2,1-2H3. The van der Waals surface area contributed by atoms with Gasteiger partial charge in [-0.3, -0.25) is 4.79 Å². The first-order chi connectivity index (χ1) is 7.95. The van der Waals surface area contributed by atoms with Crippen molar-refractivity contribution >= 4 is 26.5 Å². The Hall–Kier alpha value is -1.62. The molecule has 17 heavy (non-hydrogen) atoms.